The molecule has 2 N–H and O–H groups in total. The maximum atomic E-state index is 4.49. The van der Waals surface area contributed by atoms with E-state index in [0.29, 0.717) is 12.5 Å². The lowest BCUT2D eigenvalue weighted by atomic mass is 10.1. The first-order chi connectivity index (χ1) is 9.78. The Bertz CT molecular complexity index is 737. The van der Waals surface area contributed by atoms with E-state index < -0.39 is 0 Å². The minimum absolute atomic E-state index is 0.630. The number of aryl methyl sites for hydroxylation is 1. The summed E-state index contributed by atoms with van der Waals surface area (Å²) in [6.45, 7) is 2.78. The van der Waals surface area contributed by atoms with Crippen molar-refractivity contribution < 1.29 is 0 Å². The Balaban J connectivity index is 1.90. The third-order valence-corrected chi connectivity index (χ3v) is 3.95. The van der Waals surface area contributed by atoms with Crippen LogP contribution < -0.4 is 10.6 Å². The average Bonchev–Trinajstić information content (AvgIpc) is 2.94. The zero-order valence-electron chi connectivity index (χ0n) is 11.3. The number of fused-ring (bicyclic) bond motifs is 1. The monoisotopic (exact) mass is 285 g/mol. The second-order valence-corrected chi connectivity index (χ2v) is 5.34. The van der Waals surface area contributed by atoms with Crippen molar-refractivity contribution in [3.05, 3.63) is 41.0 Å². The molecule has 3 rings (SSSR count). The van der Waals surface area contributed by atoms with Crippen LogP contribution in [0.2, 0.25) is 0 Å². The van der Waals surface area contributed by atoms with Crippen LogP contribution in [0.25, 0.3) is 10.2 Å². The van der Waals surface area contributed by atoms with Gasteiger partial charge in [0, 0.05) is 26.0 Å². The molecule has 0 unspecified atom stereocenters. The van der Waals surface area contributed by atoms with E-state index in [4.69, 9.17) is 0 Å². The van der Waals surface area contributed by atoms with Gasteiger partial charge in [-0.3, -0.25) is 4.98 Å². The number of nitrogens with one attached hydrogen (secondary N) is 2. The molecule has 20 heavy (non-hydrogen) atoms. The van der Waals surface area contributed by atoms with Gasteiger partial charge in [-0.1, -0.05) is 0 Å². The number of hydrogen-bond donors (Lipinski definition) is 2. The number of pyridine rings is 1. The summed E-state index contributed by atoms with van der Waals surface area (Å²) in [6, 6.07) is 4.05. The van der Waals surface area contributed by atoms with Gasteiger partial charge in [0.15, 0.2) is 0 Å². The molecule has 0 aromatic carbocycles. The van der Waals surface area contributed by atoms with Gasteiger partial charge in [0.1, 0.15) is 10.6 Å². The van der Waals surface area contributed by atoms with E-state index in [1.165, 1.54) is 11.1 Å². The first kappa shape index (κ1) is 12.8. The minimum atomic E-state index is 0.630. The molecule has 0 aliphatic carbocycles. The molecule has 5 nitrogen and oxygen atoms in total. The lowest BCUT2D eigenvalue weighted by molar-refractivity contribution is 1.06. The third-order valence-electron chi connectivity index (χ3n) is 3.14. The van der Waals surface area contributed by atoms with E-state index in [0.717, 1.165) is 16.0 Å². The summed E-state index contributed by atoms with van der Waals surface area (Å²) in [5.41, 5.74) is 2.39. The molecule has 102 valence electrons. The summed E-state index contributed by atoms with van der Waals surface area (Å²) in [4.78, 5) is 14.1. The number of rotatable bonds is 4. The van der Waals surface area contributed by atoms with Gasteiger partial charge in [-0.05, 0) is 35.6 Å². The Kier molecular flexibility index (Phi) is 3.47. The molecule has 0 atom stereocenters. The third kappa shape index (κ3) is 2.42. The summed E-state index contributed by atoms with van der Waals surface area (Å²) in [5, 5.41) is 9.45. The molecule has 6 heteroatoms. The van der Waals surface area contributed by atoms with Crippen LogP contribution >= 0.6 is 11.3 Å². The van der Waals surface area contributed by atoms with Gasteiger partial charge in [0.05, 0.1) is 5.39 Å². The average molecular weight is 285 g/mol. The van der Waals surface area contributed by atoms with Crippen LogP contribution in [0.5, 0.6) is 0 Å². The predicted octanol–water partition coefficient (Wildman–Crippen LogP) is 3.05. The number of anilines is 2. The molecule has 3 heterocycles. The number of thiophene rings is 1. The summed E-state index contributed by atoms with van der Waals surface area (Å²) in [6.07, 6.45) is 3.69. The summed E-state index contributed by atoms with van der Waals surface area (Å²) in [5.74, 6) is 1.48. The zero-order chi connectivity index (χ0) is 13.9. The van der Waals surface area contributed by atoms with Gasteiger partial charge in [-0.25, -0.2) is 4.98 Å². The molecule has 0 fully saturated rings. The first-order valence-corrected chi connectivity index (χ1v) is 7.22. The Hall–Kier alpha value is -2.21. The second-order valence-electron chi connectivity index (χ2n) is 4.44. The number of hydrogen-bond acceptors (Lipinski definition) is 6. The van der Waals surface area contributed by atoms with Crippen LogP contribution in [0.4, 0.5) is 11.8 Å². The Morgan fingerprint density at radius 1 is 1.25 bits per heavy atom. The molecular formula is C14H15N5S. The minimum Gasteiger partial charge on any atom is -0.365 e. The SMILES string of the molecule is CNc1nc(NCc2cnccc2C)c2ccsc2n1. The second kappa shape index (κ2) is 5.42. The van der Waals surface area contributed by atoms with Crippen molar-refractivity contribution in [2.75, 3.05) is 17.7 Å². The van der Waals surface area contributed by atoms with Crippen LogP contribution in [-0.4, -0.2) is 22.0 Å². The van der Waals surface area contributed by atoms with Crippen molar-refractivity contribution in [1.82, 2.24) is 15.0 Å². The van der Waals surface area contributed by atoms with Crippen molar-refractivity contribution in [2.45, 2.75) is 13.5 Å². The quantitative estimate of drug-likeness (QED) is 0.771. The predicted molar refractivity (Wildman–Crippen MR) is 83.3 cm³/mol. The summed E-state index contributed by atoms with van der Waals surface area (Å²) >= 11 is 1.61. The fraction of sp³-hybridized carbons (Fsp3) is 0.214. The van der Waals surface area contributed by atoms with E-state index >= 15 is 0 Å². The molecule has 0 saturated heterocycles. The topological polar surface area (TPSA) is 62.7 Å². The van der Waals surface area contributed by atoms with Crippen molar-refractivity contribution in [1.29, 1.82) is 0 Å². The molecule has 3 aromatic rings. The van der Waals surface area contributed by atoms with Gasteiger partial charge in [-0.2, -0.15) is 4.98 Å². The molecule has 0 aliphatic heterocycles. The highest BCUT2D eigenvalue weighted by Gasteiger charge is 2.08. The lowest BCUT2D eigenvalue weighted by Crippen LogP contribution is -2.06. The van der Waals surface area contributed by atoms with Crippen molar-refractivity contribution >= 4 is 33.3 Å². The zero-order valence-corrected chi connectivity index (χ0v) is 12.2. The van der Waals surface area contributed by atoms with E-state index in [2.05, 4.69) is 32.5 Å². The fourth-order valence-electron chi connectivity index (χ4n) is 1.96. The van der Waals surface area contributed by atoms with Crippen molar-refractivity contribution in [3.63, 3.8) is 0 Å². The molecular weight excluding hydrogens is 270 g/mol. The molecule has 0 aliphatic rings. The summed E-state index contributed by atoms with van der Waals surface area (Å²) < 4.78 is 0. The van der Waals surface area contributed by atoms with Crippen LogP contribution in [0.3, 0.4) is 0 Å². The molecule has 0 saturated carbocycles. The largest absolute Gasteiger partial charge is 0.365 e. The van der Waals surface area contributed by atoms with Gasteiger partial charge in [0.25, 0.3) is 0 Å². The molecule has 0 bridgehead atoms. The Labute approximate surface area is 121 Å². The van der Waals surface area contributed by atoms with E-state index in [-0.39, 0.29) is 0 Å². The maximum absolute atomic E-state index is 4.49. The summed E-state index contributed by atoms with van der Waals surface area (Å²) in [7, 11) is 1.82. The maximum Gasteiger partial charge on any atom is 0.225 e. The highest BCUT2D eigenvalue weighted by atomic mass is 32.1. The Morgan fingerprint density at radius 2 is 2.15 bits per heavy atom. The van der Waals surface area contributed by atoms with Crippen molar-refractivity contribution in [3.8, 4) is 0 Å². The van der Waals surface area contributed by atoms with Gasteiger partial charge >= 0.3 is 0 Å². The van der Waals surface area contributed by atoms with Crippen LogP contribution in [0, 0.1) is 6.92 Å². The van der Waals surface area contributed by atoms with Crippen LogP contribution in [-0.2, 0) is 6.54 Å². The lowest BCUT2D eigenvalue weighted by Gasteiger charge is -2.10. The smallest absolute Gasteiger partial charge is 0.225 e. The van der Waals surface area contributed by atoms with E-state index in [1.807, 2.05) is 30.8 Å². The van der Waals surface area contributed by atoms with Gasteiger partial charge in [-0.15, -0.1) is 11.3 Å². The fourth-order valence-corrected chi connectivity index (χ4v) is 2.73. The highest BCUT2D eigenvalue weighted by molar-refractivity contribution is 7.16. The van der Waals surface area contributed by atoms with E-state index in [1.54, 1.807) is 17.5 Å². The van der Waals surface area contributed by atoms with Crippen LogP contribution in [0.1, 0.15) is 11.1 Å². The van der Waals surface area contributed by atoms with Crippen LogP contribution in [0.15, 0.2) is 29.9 Å². The standard InChI is InChI=1S/C14H15N5S/c1-9-3-5-16-7-10(9)8-17-12-11-4-6-20-13(11)19-14(15-2)18-12/h3-7H,8H2,1-2H3,(H2,15,17,18,19). The number of nitrogens with zero attached hydrogens (tertiary/aromatic N) is 3. The first-order valence-electron chi connectivity index (χ1n) is 6.34. The van der Waals surface area contributed by atoms with Crippen molar-refractivity contribution in [2.24, 2.45) is 0 Å². The van der Waals surface area contributed by atoms with E-state index in [9.17, 15) is 0 Å². The van der Waals surface area contributed by atoms with Gasteiger partial charge < -0.3 is 10.6 Å². The molecule has 0 radical (unpaired) electrons. The Morgan fingerprint density at radius 3 is 2.95 bits per heavy atom. The molecule has 0 spiro atoms. The normalized spacial score (nSPS) is 10.7. The number of aromatic nitrogens is 3. The van der Waals surface area contributed by atoms with Gasteiger partial charge in [0.2, 0.25) is 5.95 Å². The molecule has 0 amide bonds. The molecule has 3 aromatic heterocycles. The highest BCUT2D eigenvalue weighted by Crippen LogP contribution is 2.26.